The predicted octanol–water partition coefficient (Wildman–Crippen LogP) is 3.15. The summed E-state index contributed by atoms with van der Waals surface area (Å²) >= 11 is 0. The highest BCUT2D eigenvalue weighted by Gasteiger charge is 2.23. The van der Waals surface area contributed by atoms with E-state index in [9.17, 15) is 0 Å². The Balaban J connectivity index is 1.16. The van der Waals surface area contributed by atoms with E-state index in [0.29, 0.717) is 19.0 Å². The molecule has 1 atom stereocenters. The molecule has 3 aromatic heterocycles. The lowest BCUT2D eigenvalue weighted by atomic mass is 10.1. The van der Waals surface area contributed by atoms with Crippen LogP contribution in [-0.4, -0.2) is 71.4 Å². The Morgan fingerprint density at radius 1 is 0.971 bits per heavy atom. The van der Waals surface area contributed by atoms with Gasteiger partial charge in [0, 0.05) is 44.0 Å². The minimum absolute atomic E-state index is 0.206. The zero-order chi connectivity index (χ0) is 23.8. The van der Waals surface area contributed by atoms with E-state index in [0.717, 1.165) is 65.7 Å². The Morgan fingerprint density at radius 3 is 2.66 bits per heavy atom. The lowest BCUT2D eigenvalue weighted by Crippen LogP contribution is -2.44. The summed E-state index contributed by atoms with van der Waals surface area (Å²) in [6.07, 6.45) is 5.38. The molecular formula is C26H28N6O3. The van der Waals surface area contributed by atoms with E-state index in [1.54, 1.807) is 13.3 Å². The number of hydrogen-bond acceptors (Lipinski definition) is 8. The molecule has 0 amide bonds. The molecule has 0 radical (unpaired) electrons. The van der Waals surface area contributed by atoms with Gasteiger partial charge in [-0.05, 0) is 36.9 Å². The van der Waals surface area contributed by atoms with Crippen LogP contribution >= 0.6 is 0 Å². The topological polar surface area (TPSA) is 77.8 Å². The van der Waals surface area contributed by atoms with Crippen molar-refractivity contribution in [1.82, 2.24) is 24.4 Å². The number of benzene rings is 1. The van der Waals surface area contributed by atoms with Crippen molar-refractivity contribution in [1.29, 1.82) is 0 Å². The van der Waals surface area contributed by atoms with Gasteiger partial charge in [-0.2, -0.15) is 0 Å². The largest absolute Gasteiger partial charge is 0.485 e. The van der Waals surface area contributed by atoms with Crippen LogP contribution in [0.15, 0.2) is 55.1 Å². The molecule has 4 aromatic rings. The van der Waals surface area contributed by atoms with Gasteiger partial charge in [0.25, 0.3) is 0 Å². The molecule has 2 aliphatic rings. The molecule has 1 aromatic carbocycles. The number of likely N-dealkylation sites (N-methyl/N-ethyl adjacent to an activating group) is 1. The third-order valence-electron chi connectivity index (χ3n) is 6.67. The highest BCUT2D eigenvalue weighted by atomic mass is 16.6. The monoisotopic (exact) mass is 472 g/mol. The second-order valence-electron chi connectivity index (χ2n) is 9.03. The number of hydrogen-bond donors (Lipinski definition) is 0. The maximum absolute atomic E-state index is 6.18. The number of anilines is 1. The summed E-state index contributed by atoms with van der Waals surface area (Å²) in [5, 5.41) is 0. The summed E-state index contributed by atoms with van der Waals surface area (Å²) < 4.78 is 19.4. The molecule has 35 heavy (non-hydrogen) atoms. The molecular weight excluding hydrogens is 444 g/mol. The first kappa shape index (κ1) is 21.7. The van der Waals surface area contributed by atoms with E-state index in [-0.39, 0.29) is 6.10 Å². The Hall–Kier alpha value is -3.85. The number of nitrogens with zero attached hydrogens (tertiary/aromatic N) is 6. The summed E-state index contributed by atoms with van der Waals surface area (Å²) in [7, 11) is 3.76. The van der Waals surface area contributed by atoms with Gasteiger partial charge in [-0.1, -0.05) is 6.07 Å². The number of methoxy groups -OCH3 is 1. The van der Waals surface area contributed by atoms with Crippen LogP contribution in [0.3, 0.4) is 0 Å². The summed E-state index contributed by atoms with van der Waals surface area (Å²) in [5.74, 6) is 2.05. The molecule has 9 nitrogen and oxygen atoms in total. The first-order valence-electron chi connectivity index (χ1n) is 11.8. The van der Waals surface area contributed by atoms with Crippen molar-refractivity contribution >= 4 is 16.9 Å². The van der Waals surface area contributed by atoms with Crippen molar-refractivity contribution in [3.63, 3.8) is 0 Å². The van der Waals surface area contributed by atoms with Gasteiger partial charge in [0.2, 0.25) is 5.88 Å². The SMILES string of the molecule is COc1ccc(C2COc3cc(Cn4cnc5cc(N6CCN(C)CC6)cnc54)ccc3O2)cn1. The van der Waals surface area contributed by atoms with Gasteiger partial charge >= 0.3 is 0 Å². The molecule has 1 unspecified atom stereocenters. The molecule has 5 heterocycles. The Bertz CT molecular complexity index is 1330. The van der Waals surface area contributed by atoms with E-state index in [1.165, 1.54) is 0 Å². The number of imidazole rings is 1. The Kier molecular flexibility index (Phi) is 5.61. The number of piperazine rings is 1. The second kappa shape index (κ2) is 9.07. The number of fused-ring (bicyclic) bond motifs is 2. The van der Waals surface area contributed by atoms with Gasteiger partial charge in [-0.3, -0.25) is 0 Å². The fraction of sp³-hybridized carbons (Fsp3) is 0.346. The lowest BCUT2D eigenvalue weighted by Gasteiger charge is -2.33. The number of aromatic nitrogens is 4. The fourth-order valence-electron chi connectivity index (χ4n) is 4.57. The summed E-state index contributed by atoms with van der Waals surface area (Å²) in [6, 6.07) is 12.0. The zero-order valence-corrected chi connectivity index (χ0v) is 19.9. The van der Waals surface area contributed by atoms with E-state index >= 15 is 0 Å². The summed E-state index contributed by atoms with van der Waals surface area (Å²) in [4.78, 5) is 18.4. The first-order chi connectivity index (χ1) is 17.2. The molecule has 9 heteroatoms. The molecule has 1 saturated heterocycles. The van der Waals surface area contributed by atoms with Gasteiger partial charge in [0.1, 0.15) is 12.1 Å². The molecule has 0 saturated carbocycles. The van der Waals surface area contributed by atoms with Crippen molar-refractivity contribution in [3.05, 3.63) is 66.2 Å². The van der Waals surface area contributed by atoms with E-state index in [4.69, 9.17) is 19.2 Å². The number of rotatable bonds is 5. The molecule has 0 spiro atoms. The van der Waals surface area contributed by atoms with Crippen LogP contribution in [-0.2, 0) is 6.54 Å². The first-order valence-corrected chi connectivity index (χ1v) is 11.8. The van der Waals surface area contributed by atoms with E-state index < -0.39 is 0 Å². The van der Waals surface area contributed by atoms with Crippen LogP contribution in [0.25, 0.3) is 11.2 Å². The maximum Gasteiger partial charge on any atom is 0.212 e. The average molecular weight is 473 g/mol. The maximum atomic E-state index is 6.18. The van der Waals surface area contributed by atoms with Crippen LogP contribution in [0.2, 0.25) is 0 Å². The lowest BCUT2D eigenvalue weighted by molar-refractivity contribution is 0.0908. The second-order valence-corrected chi connectivity index (χ2v) is 9.03. The van der Waals surface area contributed by atoms with Crippen molar-refractivity contribution < 1.29 is 14.2 Å². The average Bonchev–Trinajstić information content (AvgIpc) is 3.30. The van der Waals surface area contributed by atoms with Crippen molar-refractivity contribution in [2.24, 2.45) is 0 Å². The zero-order valence-electron chi connectivity index (χ0n) is 19.9. The van der Waals surface area contributed by atoms with Gasteiger partial charge in [-0.15, -0.1) is 0 Å². The van der Waals surface area contributed by atoms with Gasteiger partial charge in [0.15, 0.2) is 23.3 Å². The van der Waals surface area contributed by atoms with Crippen molar-refractivity contribution in [3.8, 4) is 17.4 Å². The molecule has 6 rings (SSSR count). The van der Waals surface area contributed by atoms with Crippen LogP contribution in [0.5, 0.6) is 17.4 Å². The van der Waals surface area contributed by atoms with Crippen LogP contribution in [0, 0.1) is 0 Å². The van der Waals surface area contributed by atoms with Gasteiger partial charge in [0.05, 0.1) is 31.9 Å². The van der Waals surface area contributed by atoms with E-state index in [1.807, 2.05) is 36.8 Å². The number of pyridine rings is 2. The predicted molar refractivity (Wildman–Crippen MR) is 132 cm³/mol. The Morgan fingerprint density at radius 2 is 1.86 bits per heavy atom. The molecule has 2 aliphatic heterocycles. The summed E-state index contributed by atoms with van der Waals surface area (Å²) in [5.41, 5.74) is 4.98. The summed E-state index contributed by atoms with van der Waals surface area (Å²) in [6.45, 7) is 5.23. The third kappa shape index (κ3) is 4.35. The minimum atomic E-state index is -0.206. The molecule has 0 bridgehead atoms. The fourth-order valence-corrected chi connectivity index (χ4v) is 4.57. The standard InChI is InChI=1S/C26H28N6O3/c1-30-7-9-31(10-8-30)20-12-21-26(28-14-20)32(17-29-21)15-18-3-5-22-23(11-18)34-16-24(35-22)19-4-6-25(33-2)27-13-19/h3-6,11-14,17,24H,7-10,15-16H2,1-2H3. The number of ether oxygens (including phenoxy) is 3. The van der Waals surface area contributed by atoms with Crippen molar-refractivity contribution in [2.75, 3.05) is 51.8 Å². The normalized spacial score (nSPS) is 18.1. The quantitative estimate of drug-likeness (QED) is 0.439. The van der Waals surface area contributed by atoms with Gasteiger partial charge < -0.3 is 28.6 Å². The van der Waals surface area contributed by atoms with Crippen LogP contribution < -0.4 is 19.1 Å². The third-order valence-corrected chi connectivity index (χ3v) is 6.67. The minimum Gasteiger partial charge on any atom is -0.485 e. The van der Waals surface area contributed by atoms with Crippen LogP contribution in [0.4, 0.5) is 5.69 Å². The molecule has 180 valence electrons. The molecule has 0 aliphatic carbocycles. The smallest absolute Gasteiger partial charge is 0.212 e. The molecule has 0 N–H and O–H groups in total. The highest BCUT2D eigenvalue weighted by Crippen LogP contribution is 2.37. The van der Waals surface area contributed by atoms with E-state index in [2.05, 4.69) is 43.5 Å². The van der Waals surface area contributed by atoms with Crippen molar-refractivity contribution in [2.45, 2.75) is 12.6 Å². The highest BCUT2D eigenvalue weighted by molar-refractivity contribution is 5.75. The van der Waals surface area contributed by atoms with Gasteiger partial charge in [-0.25, -0.2) is 15.0 Å². The van der Waals surface area contributed by atoms with Crippen LogP contribution in [0.1, 0.15) is 17.2 Å². The Labute approximate surface area is 203 Å². The molecule has 1 fully saturated rings.